The molecule has 8 nitrogen and oxygen atoms in total. The molecule has 34 heavy (non-hydrogen) atoms. The molecule has 1 aromatic carbocycles. The zero-order chi connectivity index (χ0) is 25.1. The molecular weight excluding hydrogens is 514 g/mol. The van der Waals surface area contributed by atoms with Crippen LogP contribution in [0, 0.1) is 6.92 Å². The van der Waals surface area contributed by atoms with E-state index in [4.69, 9.17) is 14.6 Å². The van der Waals surface area contributed by atoms with E-state index >= 15 is 0 Å². The maximum Gasteiger partial charge on any atom is 0.408 e. The summed E-state index contributed by atoms with van der Waals surface area (Å²) in [6, 6.07) is 4.97. The summed E-state index contributed by atoms with van der Waals surface area (Å²) in [6.45, 7) is 15.8. The Morgan fingerprint density at radius 2 is 2.03 bits per heavy atom. The third-order valence-corrected chi connectivity index (χ3v) is 7.26. The number of hydrogen-bond acceptors (Lipinski definition) is 5. The van der Waals surface area contributed by atoms with Gasteiger partial charge in [0.1, 0.15) is 22.8 Å². The van der Waals surface area contributed by atoms with Crippen LogP contribution >= 0.6 is 15.9 Å². The van der Waals surface area contributed by atoms with Crippen molar-refractivity contribution >= 4 is 41.0 Å². The van der Waals surface area contributed by atoms with Crippen molar-refractivity contribution in [2.24, 2.45) is 0 Å². The largest absolute Gasteiger partial charge is 0.444 e. The lowest BCUT2D eigenvalue weighted by atomic mass is 10.0. The standard InChI is InChI=1S/C24H36BrN5O3Si/c1-16-10-17(11-18-14-30(29-21(16)18)15-32-8-9-34(5,6)7)12-19(22-26-13-20(25)28-22)27-23(31)33-24(2,3)4/h10-11,13-14,19H,8-9,12,15H2,1-7H3,(H,26,28)(H,27,31)/q-1. The molecule has 0 fully saturated rings. The lowest BCUT2D eigenvalue weighted by Crippen LogP contribution is -2.36. The summed E-state index contributed by atoms with van der Waals surface area (Å²) < 4.78 is 13.9. The molecule has 1 unspecified atom stereocenters. The summed E-state index contributed by atoms with van der Waals surface area (Å²) >= 11 is 3.40. The van der Waals surface area contributed by atoms with Gasteiger partial charge in [0.2, 0.25) is 0 Å². The van der Waals surface area contributed by atoms with Crippen LogP contribution in [-0.4, -0.2) is 46.1 Å². The maximum absolute atomic E-state index is 12.5. The first kappa shape index (κ1) is 26.4. The second-order valence-corrected chi connectivity index (χ2v) is 17.4. The van der Waals surface area contributed by atoms with E-state index in [1.165, 1.54) is 0 Å². The number of halogens is 1. The fraction of sp³-hybridized carbons (Fsp3) is 0.542. The summed E-state index contributed by atoms with van der Waals surface area (Å²) in [7, 11) is -1.12. The zero-order valence-electron chi connectivity index (χ0n) is 21.2. The fourth-order valence-electron chi connectivity index (χ4n) is 3.55. The van der Waals surface area contributed by atoms with Crippen LogP contribution in [0.5, 0.6) is 0 Å². The monoisotopic (exact) mass is 549 g/mol. The first-order valence-corrected chi connectivity index (χ1v) is 16.0. The van der Waals surface area contributed by atoms with Crippen molar-refractivity contribution < 1.29 is 14.3 Å². The highest BCUT2D eigenvalue weighted by atomic mass is 79.9. The van der Waals surface area contributed by atoms with Crippen molar-refractivity contribution in [1.29, 1.82) is 0 Å². The second kappa shape index (κ2) is 10.6. The van der Waals surface area contributed by atoms with Gasteiger partial charge in [0.05, 0.1) is 17.8 Å². The number of fused-ring (bicyclic) bond motifs is 1. The van der Waals surface area contributed by atoms with Crippen LogP contribution in [0.1, 0.15) is 43.8 Å². The van der Waals surface area contributed by atoms with E-state index in [1.807, 2.05) is 31.6 Å². The van der Waals surface area contributed by atoms with Crippen molar-refractivity contribution in [2.45, 2.75) is 78.2 Å². The van der Waals surface area contributed by atoms with Crippen LogP contribution < -0.4 is 5.32 Å². The quantitative estimate of drug-likeness (QED) is 0.254. The molecule has 1 amide bonds. The lowest BCUT2D eigenvalue weighted by molar-refractivity contribution is 0.0501. The second-order valence-electron chi connectivity index (χ2n) is 10.9. The van der Waals surface area contributed by atoms with Crippen LogP contribution in [0.15, 0.2) is 29.1 Å². The summed E-state index contributed by atoms with van der Waals surface area (Å²) in [5.41, 5.74) is 2.51. The molecule has 0 aliphatic carbocycles. The molecule has 3 aromatic rings. The number of carbonyl (C=O) groups excluding carboxylic acids is 1. The number of amides is 1. The molecule has 0 aliphatic rings. The highest BCUT2D eigenvalue weighted by Gasteiger charge is 2.23. The Balaban J connectivity index is 1.76. The molecule has 0 saturated heterocycles. The van der Waals surface area contributed by atoms with Gasteiger partial charge in [-0.25, -0.2) is 14.5 Å². The Labute approximate surface area is 211 Å². The van der Waals surface area contributed by atoms with E-state index in [9.17, 15) is 4.79 Å². The molecule has 0 spiro atoms. The number of carbonyl (C=O) groups is 1. The summed E-state index contributed by atoms with van der Waals surface area (Å²) in [5.74, 6) is 0.655. The molecule has 0 saturated carbocycles. The molecule has 187 valence electrons. The number of nitrogens with zero attached hydrogens (tertiary/aromatic N) is 3. The first-order chi connectivity index (χ1) is 15.8. The van der Waals surface area contributed by atoms with E-state index in [1.54, 1.807) is 6.20 Å². The predicted octanol–water partition coefficient (Wildman–Crippen LogP) is 5.95. The molecule has 0 bridgehead atoms. The number of nitrogens with one attached hydrogen (secondary N) is 2. The molecule has 2 N–H and O–H groups in total. The van der Waals surface area contributed by atoms with Gasteiger partial charge in [-0.1, -0.05) is 6.07 Å². The Kier molecular flexibility index (Phi) is 8.25. The van der Waals surface area contributed by atoms with Gasteiger partial charge in [0.25, 0.3) is 0 Å². The number of hydrogen-bond donors (Lipinski definition) is 2. The highest BCUT2D eigenvalue weighted by molar-refractivity contribution is 9.10. The lowest BCUT2D eigenvalue weighted by Gasteiger charge is -2.26. The van der Waals surface area contributed by atoms with Crippen molar-refractivity contribution in [2.75, 3.05) is 6.61 Å². The summed E-state index contributed by atoms with van der Waals surface area (Å²) in [6.07, 6.45) is 3.76. The van der Waals surface area contributed by atoms with Crippen LogP contribution in [-0.2, 0) is 22.6 Å². The van der Waals surface area contributed by atoms with Gasteiger partial charge in [-0.05, 0) is 60.8 Å². The molecular formula is C24H36BrN5O3Si-. The van der Waals surface area contributed by atoms with E-state index in [-0.39, 0.29) is 6.04 Å². The van der Waals surface area contributed by atoms with E-state index < -0.39 is 19.8 Å². The normalized spacial score (nSPS) is 13.3. The number of aromatic amines is 1. The number of aromatic nitrogens is 4. The van der Waals surface area contributed by atoms with Crippen LogP contribution in [0.2, 0.25) is 25.7 Å². The Bertz CT molecular complexity index is 1130. The molecule has 10 heteroatoms. The number of benzene rings is 1. The third-order valence-electron chi connectivity index (χ3n) is 5.15. The van der Waals surface area contributed by atoms with Crippen molar-refractivity contribution in [3.8, 4) is 0 Å². The molecule has 1 atom stereocenters. The number of aryl methyl sites for hydroxylation is 1. The van der Waals surface area contributed by atoms with Gasteiger partial charge in [-0.3, -0.25) is 0 Å². The minimum atomic E-state index is -1.12. The van der Waals surface area contributed by atoms with Crippen LogP contribution in [0.25, 0.3) is 10.9 Å². The molecule has 0 aliphatic heterocycles. The van der Waals surface area contributed by atoms with Crippen molar-refractivity contribution in [1.82, 2.24) is 25.1 Å². The van der Waals surface area contributed by atoms with Gasteiger partial charge >= 0.3 is 6.09 Å². The molecule has 0 radical (unpaired) electrons. The average molecular weight is 551 g/mol. The SMILES string of the molecule is Cc1cc(CC(NC(=O)OC(C)(C)C)c2ncc(Br)[nH]2)cc2cn(COCC[Si-](C)(C)C)nc12. The van der Waals surface area contributed by atoms with E-state index in [2.05, 4.69) is 69.9 Å². The van der Waals surface area contributed by atoms with E-state index in [0.29, 0.717) is 19.0 Å². The number of rotatable bonds is 9. The highest BCUT2D eigenvalue weighted by Crippen LogP contribution is 2.24. The number of H-pyrrole nitrogens is 1. The molecule has 2 heterocycles. The smallest absolute Gasteiger partial charge is 0.408 e. The maximum atomic E-state index is 12.5. The van der Waals surface area contributed by atoms with Crippen LogP contribution in [0.3, 0.4) is 0 Å². The van der Waals surface area contributed by atoms with Crippen molar-refractivity contribution in [3.63, 3.8) is 0 Å². The molecule has 3 rings (SSSR count). The van der Waals surface area contributed by atoms with Crippen molar-refractivity contribution in [3.05, 3.63) is 46.1 Å². The fourth-order valence-corrected chi connectivity index (χ4v) is 4.61. The Morgan fingerprint density at radius 1 is 1.29 bits per heavy atom. The van der Waals surface area contributed by atoms with Gasteiger partial charge in [0, 0.05) is 24.6 Å². The topological polar surface area (TPSA) is 94.1 Å². The van der Waals surface area contributed by atoms with E-state index in [0.717, 1.165) is 39.3 Å². The number of ether oxygens (including phenoxy) is 2. The number of imidazole rings is 1. The Morgan fingerprint density at radius 3 is 2.65 bits per heavy atom. The average Bonchev–Trinajstić information content (AvgIpc) is 3.29. The van der Waals surface area contributed by atoms with Crippen LogP contribution in [0.4, 0.5) is 4.79 Å². The number of alkyl carbamates (subject to hydrolysis) is 1. The van der Waals surface area contributed by atoms with Gasteiger partial charge in [0.15, 0.2) is 0 Å². The van der Waals surface area contributed by atoms with Gasteiger partial charge in [-0.15, -0.1) is 14.1 Å². The summed E-state index contributed by atoms with van der Waals surface area (Å²) in [5, 5.41) is 8.70. The predicted molar refractivity (Wildman–Crippen MR) is 141 cm³/mol. The summed E-state index contributed by atoms with van der Waals surface area (Å²) in [4.78, 5) is 20.1. The molecule has 2 aromatic heterocycles. The zero-order valence-corrected chi connectivity index (χ0v) is 23.7. The minimum Gasteiger partial charge on any atom is -0.444 e. The third kappa shape index (κ3) is 7.95. The first-order valence-electron chi connectivity index (χ1n) is 11.5. The van der Waals surface area contributed by atoms with Gasteiger partial charge < -0.3 is 19.8 Å². The van der Waals surface area contributed by atoms with Gasteiger partial charge in [-0.2, -0.15) is 24.7 Å². The Hall–Kier alpha value is -2.17. The minimum absolute atomic E-state index is 0.377.